The molecular formula is C14H23NO5S. The van der Waals surface area contributed by atoms with Crippen LogP contribution in [0.5, 0.6) is 0 Å². The van der Waals surface area contributed by atoms with Crippen LogP contribution in [0.4, 0.5) is 0 Å². The third-order valence-electron chi connectivity index (χ3n) is 3.65. The van der Waals surface area contributed by atoms with Gasteiger partial charge in [-0.05, 0) is 25.2 Å². The van der Waals surface area contributed by atoms with Crippen LogP contribution in [0.3, 0.4) is 0 Å². The highest BCUT2D eigenvalue weighted by Gasteiger charge is 2.27. The number of carbonyl (C=O) groups excluding carboxylic acids is 1. The smallest absolute Gasteiger partial charge is 0.237 e. The van der Waals surface area contributed by atoms with Crippen LogP contribution in [-0.4, -0.2) is 63.8 Å². The first-order valence-corrected chi connectivity index (χ1v) is 9.34. The van der Waals surface area contributed by atoms with Gasteiger partial charge in [-0.2, -0.15) is 0 Å². The van der Waals surface area contributed by atoms with Crippen LogP contribution in [-0.2, 0) is 24.1 Å². The molecule has 0 saturated carbocycles. The molecule has 1 fully saturated rings. The third-order valence-corrected chi connectivity index (χ3v) is 4.43. The number of amides is 1. The van der Waals surface area contributed by atoms with E-state index in [0.29, 0.717) is 32.2 Å². The molecule has 2 aliphatic rings. The van der Waals surface area contributed by atoms with Crippen molar-refractivity contribution in [2.45, 2.75) is 25.6 Å². The van der Waals surface area contributed by atoms with Crippen molar-refractivity contribution in [3.05, 3.63) is 12.2 Å². The summed E-state index contributed by atoms with van der Waals surface area (Å²) in [6.45, 7) is 1.90. The lowest BCUT2D eigenvalue weighted by Crippen LogP contribution is -2.43. The lowest BCUT2D eigenvalue weighted by atomic mass is 9.94. The fourth-order valence-corrected chi connectivity index (χ4v) is 3.25. The lowest BCUT2D eigenvalue weighted by Gasteiger charge is -2.29. The van der Waals surface area contributed by atoms with E-state index in [4.69, 9.17) is 9.47 Å². The summed E-state index contributed by atoms with van der Waals surface area (Å²) in [5.74, 6) is -0.450. The molecule has 0 radical (unpaired) electrons. The number of nitrogens with zero attached hydrogens (tertiary/aromatic N) is 1. The van der Waals surface area contributed by atoms with Gasteiger partial charge in [0.1, 0.15) is 5.75 Å². The molecule has 1 aliphatic carbocycles. The zero-order valence-electron chi connectivity index (χ0n) is 12.4. The van der Waals surface area contributed by atoms with Crippen LogP contribution in [0.1, 0.15) is 19.3 Å². The maximum absolute atomic E-state index is 12.2. The Morgan fingerprint density at radius 1 is 1.24 bits per heavy atom. The fraction of sp³-hybridized carbons (Fsp3) is 0.786. The maximum Gasteiger partial charge on any atom is 0.237 e. The first-order chi connectivity index (χ1) is 9.94. The second kappa shape index (κ2) is 7.38. The van der Waals surface area contributed by atoms with Crippen LogP contribution in [0.15, 0.2) is 12.2 Å². The summed E-state index contributed by atoms with van der Waals surface area (Å²) in [5.41, 5.74) is 0. The minimum Gasteiger partial charge on any atom is -0.348 e. The van der Waals surface area contributed by atoms with Crippen LogP contribution >= 0.6 is 0 Å². The summed E-state index contributed by atoms with van der Waals surface area (Å²) in [4.78, 5) is 13.8. The predicted octanol–water partition coefficient (Wildman–Crippen LogP) is 0.589. The van der Waals surface area contributed by atoms with Crippen molar-refractivity contribution in [3.63, 3.8) is 0 Å². The SMILES string of the molecule is CS(=O)(=O)CC(=O)N(CC1OCCO1)C[C@H]1CC=CCC1. The van der Waals surface area contributed by atoms with Crippen LogP contribution in [0, 0.1) is 5.92 Å². The Morgan fingerprint density at radius 2 is 1.95 bits per heavy atom. The summed E-state index contributed by atoms with van der Waals surface area (Å²) >= 11 is 0. The van der Waals surface area contributed by atoms with Gasteiger partial charge in [-0.3, -0.25) is 4.79 Å². The van der Waals surface area contributed by atoms with E-state index in [0.717, 1.165) is 25.5 Å². The zero-order valence-corrected chi connectivity index (χ0v) is 13.2. The average Bonchev–Trinajstić information content (AvgIpc) is 2.90. The summed E-state index contributed by atoms with van der Waals surface area (Å²) < 4.78 is 33.5. The first-order valence-electron chi connectivity index (χ1n) is 7.28. The highest BCUT2D eigenvalue weighted by molar-refractivity contribution is 7.91. The molecule has 21 heavy (non-hydrogen) atoms. The molecule has 1 heterocycles. The van der Waals surface area contributed by atoms with E-state index in [1.54, 1.807) is 4.90 Å². The van der Waals surface area contributed by atoms with Gasteiger partial charge in [0.15, 0.2) is 16.1 Å². The molecule has 0 unspecified atom stereocenters. The topological polar surface area (TPSA) is 72.9 Å². The van der Waals surface area contributed by atoms with Gasteiger partial charge in [0.25, 0.3) is 0 Å². The Labute approximate surface area is 126 Å². The number of rotatable bonds is 6. The second-order valence-electron chi connectivity index (χ2n) is 5.69. The van der Waals surface area contributed by atoms with Gasteiger partial charge in [-0.15, -0.1) is 0 Å². The molecular weight excluding hydrogens is 294 g/mol. The summed E-state index contributed by atoms with van der Waals surface area (Å²) in [6, 6.07) is 0. The molecule has 120 valence electrons. The van der Waals surface area contributed by atoms with E-state index >= 15 is 0 Å². The number of allylic oxidation sites excluding steroid dienone is 2. The Hall–Kier alpha value is -0.920. The molecule has 2 rings (SSSR count). The quantitative estimate of drug-likeness (QED) is 0.670. The molecule has 1 atom stereocenters. The van der Waals surface area contributed by atoms with E-state index < -0.39 is 21.9 Å². The van der Waals surface area contributed by atoms with Gasteiger partial charge in [0.05, 0.1) is 19.8 Å². The lowest BCUT2D eigenvalue weighted by molar-refractivity contribution is -0.135. The molecule has 0 aromatic heterocycles. The minimum atomic E-state index is -3.33. The molecule has 1 saturated heterocycles. The molecule has 0 spiro atoms. The largest absolute Gasteiger partial charge is 0.348 e. The number of ether oxygens (including phenoxy) is 2. The average molecular weight is 317 g/mol. The summed E-state index contributed by atoms with van der Waals surface area (Å²) in [7, 11) is -3.33. The molecule has 0 N–H and O–H groups in total. The van der Waals surface area contributed by atoms with Crippen molar-refractivity contribution < 1.29 is 22.7 Å². The van der Waals surface area contributed by atoms with Crippen molar-refractivity contribution >= 4 is 15.7 Å². The number of sulfone groups is 1. The van der Waals surface area contributed by atoms with E-state index in [2.05, 4.69) is 12.2 Å². The highest BCUT2D eigenvalue weighted by Crippen LogP contribution is 2.20. The molecule has 1 amide bonds. The standard InChI is InChI=1S/C14H23NO5S/c1-21(17,18)11-13(16)15(10-14-19-7-8-20-14)9-12-5-3-2-4-6-12/h2-3,12,14H,4-11H2,1H3/t12-/m0/s1. The fourth-order valence-electron chi connectivity index (χ4n) is 2.62. The number of hydrogen-bond donors (Lipinski definition) is 0. The van der Waals surface area contributed by atoms with Gasteiger partial charge in [0, 0.05) is 12.8 Å². The van der Waals surface area contributed by atoms with E-state index in [1.807, 2.05) is 0 Å². The molecule has 0 aromatic carbocycles. The normalized spacial score (nSPS) is 23.4. The van der Waals surface area contributed by atoms with Crippen molar-refractivity contribution in [2.24, 2.45) is 5.92 Å². The van der Waals surface area contributed by atoms with Gasteiger partial charge in [0.2, 0.25) is 5.91 Å². The molecule has 0 aromatic rings. The second-order valence-corrected chi connectivity index (χ2v) is 7.83. The molecule has 1 aliphatic heterocycles. The van der Waals surface area contributed by atoms with Crippen LogP contribution < -0.4 is 0 Å². The maximum atomic E-state index is 12.2. The Bertz CT molecular complexity index is 482. The van der Waals surface area contributed by atoms with E-state index in [9.17, 15) is 13.2 Å². The van der Waals surface area contributed by atoms with Gasteiger partial charge >= 0.3 is 0 Å². The number of hydrogen-bond acceptors (Lipinski definition) is 5. The summed E-state index contributed by atoms with van der Waals surface area (Å²) in [5, 5.41) is 0. The van der Waals surface area contributed by atoms with Gasteiger partial charge in [-0.25, -0.2) is 8.42 Å². The monoisotopic (exact) mass is 317 g/mol. The highest BCUT2D eigenvalue weighted by atomic mass is 32.2. The Kier molecular flexibility index (Phi) is 5.78. The van der Waals surface area contributed by atoms with Crippen LogP contribution in [0.25, 0.3) is 0 Å². The van der Waals surface area contributed by atoms with Gasteiger partial charge < -0.3 is 14.4 Å². The number of carbonyl (C=O) groups is 1. The van der Waals surface area contributed by atoms with Crippen LogP contribution in [0.2, 0.25) is 0 Å². The van der Waals surface area contributed by atoms with E-state index in [-0.39, 0.29) is 5.91 Å². The van der Waals surface area contributed by atoms with Crippen molar-refractivity contribution in [2.75, 3.05) is 38.3 Å². The Morgan fingerprint density at radius 3 is 2.52 bits per heavy atom. The van der Waals surface area contributed by atoms with E-state index in [1.165, 1.54) is 0 Å². The minimum absolute atomic E-state index is 0.300. The zero-order chi connectivity index (χ0) is 15.3. The van der Waals surface area contributed by atoms with Crippen molar-refractivity contribution in [1.29, 1.82) is 0 Å². The first kappa shape index (κ1) is 16.5. The van der Waals surface area contributed by atoms with Crippen molar-refractivity contribution in [3.8, 4) is 0 Å². The third kappa shape index (κ3) is 5.76. The summed E-state index contributed by atoms with van der Waals surface area (Å²) in [6.07, 6.45) is 7.86. The molecule has 0 bridgehead atoms. The Balaban J connectivity index is 1.97. The molecule has 7 heteroatoms. The van der Waals surface area contributed by atoms with Gasteiger partial charge in [-0.1, -0.05) is 12.2 Å². The predicted molar refractivity (Wildman–Crippen MR) is 78.5 cm³/mol. The molecule has 6 nitrogen and oxygen atoms in total. The van der Waals surface area contributed by atoms with Crippen molar-refractivity contribution in [1.82, 2.24) is 4.90 Å².